The molecule has 3 nitrogen and oxygen atoms in total. The topological polar surface area (TPSA) is 57.9 Å². The Kier molecular flexibility index (Phi) is 2.73. The van der Waals surface area contributed by atoms with E-state index < -0.39 is 9.84 Å². The Morgan fingerprint density at radius 1 is 1.50 bits per heavy atom. The lowest BCUT2D eigenvalue weighted by Crippen LogP contribution is -2.19. The van der Waals surface area contributed by atoms with Crippen LogP contribution < -0.4 is 0 Å². The van der Waals surface area contributed by atoms with Crippen molar-refractivity contribution in [3.8, 4) is 6.07 Å². The maximum Gasteiger partial charge on any atom is 0.152 e. The molecule has 0 radical (unpaired) electrons. The number of nitriles is 1. The van der Waals surface area contributed by atoms with Crippen LogP contribution >= 0.6 is 0 Å². The van der Waals surface area contributed by atoms with Crippen LogP contribution in [0.1, 0.15) is 26.2 Å². The van der Waals surface area contributed by atoms with Gasteiger partial charge in [0.2, 0.25) is 0 Å². The molecule has 12 heavy (non-hydrogen) atoms. The van der Waals surface area contributed by atoms with E-state index in [1.807, 2.05) is 0 Å². The normalized spacial score (nSPS) is 30.0. The Labute approximate surface area is 73.3 Å². The summed E-state index contributed by atoms with van der Waals surface area (Å²) in [4.78, 5) is 0. The monoisotopic (exact) mass is 187 g/mol. The molecule has 0 heterocycles. The maximum absolute atomic E-state index is 11.4. The molecule has 0 aromatic carbocycles. The summed E-state index contributed by atoms with van der Waals surface area (Å²) in [5, 5.41) is 8.33. The van der Waals surface area contributed by atoms with Gasteiger partial charge >= 0.3 is 0 Å². The van der Waals surface area contributed by atoms with Gasteiger partial charge in [0.15, 0.2) is 9.84 Å². The second-order valence-electron chi connectivity index (χ2n) is 3.21. The first-order valence-corrected chi connectivity index (χ1v) is 5.93. The van der Waals surface area contributed by atoms with Gasteiger partial charge in [-0.25, -0.2) is 8.42 Å². The average Bonchev–Trinajstić information content (AvgIpc) is 2.52. The molecule has 0 N–H and O–H groups in total. The SMILES string of the molecule is CCS(=O)(=O)[C@@H]1CC[C@@H](C#N)C1. The zero-order valence-corrected chi connectivity index (χ0v) is 7.97. The minimum absolute atomic E-state index is 0.0312. The maximum atomic E-state index is 11.4. The summed E-state index contributed by atoms with van der Waals surface area (Å²) in [7, 11) is -2.89. The van der Waals surface area contributed by atoms with Crippen LogP contribution in [0.5, 0.6) is 0 Å². The van der Waals surface area contributed by atoms with Crippen molar-refractivity contribution in [2.24, 2.45) is 5.92 Å². The van der Waals surface area contributed by atoms with Gasteiger partial charge in [-0.2, -0.15) is 5.26 Å². The van der Waals surface area contributed by atoms with Crippen LogP contribution in [0, 0.1) is 17.2 Å². The number of hydrogen-bond donors (Lipinski definition) is 0. The van der Waals surface area contributed by atoms with Gasteiger partial charge in [-0.15, -0.1) is 0 Å². The average molecular weight is 187 g/mol. The summed E-state index contributed by atoms with van der Waals surface area (Å²) < 4.78 is 22.7. The summed E-state index contributed by atoms with van der Waals surface area (Å²) in [6.07, 6.45) is 1.97. The highest BCUT2D eigenvalue weighted by Gasteiger charge is 2.32. The first kappa shape index (κ1) is 9.53. The molecular formula is C8H13NO2S. The van der Waals surface area contributed by atoms with E-state index in [9.17, 15) is 8.42 Å². The molecule has 0 spiro atoms. The fraction of sp³-hybridized carbons (Fsp3) is 0.875. The van der Waals surface area contributed by atoms with E-state index in [0.717, 1.165) is 6.42 Å². The minimum atomic E-state index is -2.89. The number of nitrogens with zero attached hydrogens (tertiary/aromatic N) is 1. The van der Waals surface area contributed by atoms with Crippen LogP contribution in [0.25, 0.3) is 0 Å². The Morgan fingerprint density at radius 2 is 2.17 bits per heavy atom. The summed E-state index contributed by atoms with van der Waals surface area (Å²) in [5.41, 5.74) is 0. The standard InChI is InChI=1S/C8H13NO2S/c1-2-12(10,11)8-4-3-7(5-8)6-9/h7-8H,2-5H2,1H3/t7-,8-/m1/s1. The number of sulfone groups is 1. The quantitative estimate of drug-likeness (QED) is 0.650. The zero-order valence-electron chi connectivity index (χ0n) is 7.16. The van der Waals surface area contributed by atoms with E-state index in [-0.39, 0.29) is 16.9 Å². The third kappa shape index (κ3) is 1.78. The first-order chi connectivity index (χ1) is 5.60. The first-order valence-electron chi connectivity index (χ1n) is 4.21. The Balaban J connectivity index is 2.66. The van der Waals surface area contributed by atoms with Gasteiger partial charge in [-0.3, -0.25) is 0 Å². The highest BCUT2D eigenvalue weighted by molar-refractivity contribution is 7.92. The van der Waals surface area contributed by atoms with E-state index >= 15 is 0 Å². The second-order valence-corrected chi connectivity index (χ2v) is 5.78. The molecule has 68 valence electrons. The van der Waals surface area contributed by atoms with Crippen LogP contribution in [0.4, 0.5) is 0 Å². The molecule has 1 rings (SSSR count). The van der Waals surface area contributed by atoms with E-state index in [2.05, 4.69) is 6.07 Å². The van der Waals surface area contributed by atoms with Crippen molar-refractivity contribution in [2.45, 2.75) is 31.4 Å². The van der Waals surface area contributed by atoms with Crippen LogP contribution in [-0.2, 0) is 9.84 Å². The van der Waals surface area contributed by atoms with Crippen molar-refractivity contribution in [2.75, 3.05) is 5.75 Å². The van der Waals surface area contributed by atoms with Crippen molar-refractivity contribution in [3.63, 3.8) is 0 Å². The molecule has 1 saturated carbocycles. The fourth-order valence-corrected chi connectivity index (χ4v) is 3.11. The van der Waals surface area contributed by atoms with Crippen molar-refractivity contribution in [3.05, 3.63) is 0 Å². The Morgan fingerprint density at radius 3 is 2.58 bits per heavy atom. The van der Waals surface area contributed by atoms with Gasteiger partial charge in [0.1, 0.15) is 0 Å². The zero-order chi connectivity index (χ0) is 9.19. The largest absolute Gasteiger partial charge is 0.229 e. The lowest BCUT2D eigenvalue weighted by atomic mass is 10.1. The predicted molar refractivity (Wildman–Crippen MR) is 46.2 cm³/mol. The van der Waals surface area contributed by atoms with Gasteiger partial charge in [0.05, 0.1) is 11.3 Å². The number of rotatable bonds is 2. The van der Waals surface area contributed by atoms with Crippen molar-refractivity contribution in [1.82, 2.24) is 0 Å². The van der Waals surface area contributed by atoms with Crippen LogP contribution in [0.3, 0.4) is 0 Å². The molecule has 0 aromatic heterocycles. The van der Waals surface area contributed by atoms with Crippen LogP contribution in [0.15, 0.2) is 0 Å². The summed E-state index contributed by atoms with van der Waals surface area (Å²) in [6, 6.07) is 2.13. The molecule has 0 aliphatic heterocycles. The molecule has 0 aromatic rings. The molecule has 1 aliphatic carbocycles. The Bertz CT molecular complexity index is 289. The molecule has 0 bridgehead atoms. The molecule has 1 fully saturated rings. The summed E-state index contributed by atoms with van der Waals surface area (Å²) >= 11 is 0. The Hall–Kier alpha value is -0.560. The van der Waals surface area contributed by atoms with Gasteiger partial charge in [0.25, 0.3) is 0 Å². The van der Waals surface area contributed by atoms with Gasteiger partial charge in [-0.05, 0) is 19.3 Å². The fourth-order valence-electron chi connectivity index (χ4n) is 1.62. The lowest BCUT2D eigenvalue weighted by molar-refractivity contribution is 0.579. The van der Waals surface area contributed by atoms with Gasteiger partial charge in [0, 0.05) is 11.7 Å². The third-order valence-electron chi connectivity index (χ3n) is 2.48. The second kappa shape index (κ2) is 3.44. The highest BCUT2D eigenvalue weighted by atomic mass is 32.2. The van der Waals surface area contributed by atoms with E-state index in [1.165, 1.54) is 0 Å². The molecular weight excluding hydrogens is 174 g/mol. The molecule has 4 heteroatoms. The predicted octanol–water partition coefficient (Wildman–Crippen LogP) is 1.11. The van der Waals surface area contributed by atoms with Crippen LogP contribution in [-0.4, -0.2) is 19.4 Å². The molecule has 0 amide bonds. The molecule has 0 unspecified atom stereocenters. The highest BCUT2D eigenvalue weighted by Crippen LogP contribution is 2.29. The van der Waals surface area contributed by atoms with Gasteiger partial charge < -0.3 is 0 Å². The van der Waals surface area contributed by atoms with E-state index in [0.29, 0.717) is 12.8 Å². The molecule has 1 aliphatic rings. The van der Waals surface area contributed by atoms with E-state index in [1.54, 1.807) is 6.92 Å². The molecule has 0 saturated heterocycles. The lowest BCUT2D eigenvalue weighted by Gasteiger charge is -2.07. The smallest absolute Gasteiger partial charge is 0.152 e. The summed E-state index contributed by atoms with van der Waals surface area (Å²) in [6.45, 7) is 1.66. The van der Waals surface area contributed by atoms with Crippen molar-refractivity contribution >= 4 is 9.84 Å². The van der Waals surface area contributed by atoms with Crippen LogP contribution in [0.2, 0.25) is 0 Å². The summed E-state index contributed by atoms with van der Waals surface area (Å²) in [5.74, 6) is 0.173. The third-order valence-corrected chi connectivity index (χ3v) is 4.73. The van der Waals surface area contributed by atoms with Crippen molar-refractivity contribution < 1.29 is 8.42 Å². The van der Waals surface area contributed by atoms with Gasteiger partial charge in [-0.1, -0.05) is 6.92 Å². The van der Waals surface area contributed by atoms with Crippen molar-refractivity contribution in [1.29, 1.82) is 5.26 Å². The molecule has 2 atom stereocenters. The minimum Gasteiger partial charge on any atom is -0.229 e. The van der Waals surface area contributed by atoms with E-state index in [4.69, 9.17) is 5.26 Å². The number of hydrogen-bond acceptors (Lipinski definition) is 3.